The van der Waals surface area contributed by atoms with Crippen molar-refractivity contribution in [2.45, 2.75) is 44.3 Å². The van der Waals surface area contributed by atoms with Crippen LogP contribution in [0.25, 0.3) is 11.3 Å². The van der Waals surface area contributed by atoms with Gasteiger partial charge in [0.25, 0.3) is 0 Å². The zero-order valence-corrected chi connectivity index (χ0v) is 23.1. The van der Waals surface area contributed by atoms with Gasteiger partial charge in [0.2, 0.25) is 0 Å². The van der Waals surface area contributed by atoms with Gasteiger partial charge in [-0.15, -0.1) is 0 Å². The number of urea groups is 1. The maximum Gasteiger partial charge on any atom is 0.320 e. The number of ether oxygens (including phenoxy) is 1. The zero-order valence-electron chi connectivity index (χ0n) is 23.1. The van der Waals surface area contributed by atoms with Crippen molar-refractivity contribution in [3.05, 3.63) is 83.1 Å². The monoisotopic (exact) mass is 550 g/mol. The zero-order chi connectivity index (χ0) is 28.2. The van der Waals surface area contributed by atoms with Crippen LogP contribution in [0.2, 0.25) is 0 Å². The molecule has 3 heterocycles. The molecule has 0 spiro atoms. The van der Waals surface area contributed by atoms with Crippen LogP contribution in [0, 0.1) is 18.6 Å². The number of amides is 2. The van der Waals surface area contributed by atoms with Gasteiger partial charge in [-0.05, 0) is 75.2 Å². The van der Waals surface area contributed by atoms with E-state index < -0.39 is 11.6 Å². The molecule has 40 heavy (non-hydrogen) atoms. The van der Waals surface area contributed by atoms with Gasteiger partial charge in [0.15, 0.2) is 11.6 Å². The second-order valence-electron chi connectivity index (χ2n) is 10.4. The molecule has 2 amide bonds. The van der Waals surface area contributed by atoms with Crippen molar-refractivity contribution in [1.29, 1.82) is 0 Å². The number of likely N-dealkylation sites (tertiary alicyclic amines) is 1. The molecule has 0 aliphatic carbocycles. The fraction of sp³-hybridized carbons (Fsp3) is 0.400. The predicted molar refractivity (Wildman–Crippen MR) is 151 cm³/mol. The van der Waals surface area contributed by atoms with Crippen molar-refractivity contribution in [2.24, 2.45) is 0 Å². The van der Waals surface area contributed by atoms with Gasteiger partial charge < -0.3 is 15.4 Å². The number of benzene rings is 2. The number of aromatic nitrogens is 2. The predicted octanol–water partition coefficient (Wildman–Crippen LogP) is 4.81. The number of nitrogens with zero attached hydrogens (tertiary/aromatic N) is 3. The van der Waals surface area contributed by atoms with E-state index in [1.807, 2.05) is 44.3 Å². The second-order valence-corrected chi connectivity index (χ2v) is 10.4. The van der Waals surface area contributed by atoms with Gasteiger partial charge in [-0.1, -0.05) is 30.3 Å². The fourth-order valence-corrected chi connectivity index (χ4v) is 5.83. The van der Waals surface area contributed by atoms with Crippen molar-refractivity contribution in [3.8, 4) is 5.69 Å². The van der Waals surface area contributed by atoms with Crippen LogP contribution in [0.3, 0.4) is 0 Å². The molecule has 1 aromatic heterocycles. The highest BCUT2D eigenvalue weighted by molar-refractivity contribution is 5.91. The first-order chi connectivity index (χ1) is 19.4. The Morgan fingerprint density at radius 2 is 1.98 bits per heavy atom. The number of hydrogen-bond acceptors (Lipinski definition) is 5. The molecule has 2 aliphatic rings. The molecule has 3 N–H and O–H groups in total. The molecular formula is C30H36F2N6O2. The lowest BCUT2D eigenvalue weighted by atomic mass is 9.99. The molecule has 5 rings (SSSR count). The number of para-hydroxylation sites is 1. The number of methoxy groups -OCH3 is 1. The van der Waals surface area contributed by atoms with E-state index in [1.165, 1.54) is 6.07 Å². The summed E-state index contributed by atoms with van der Waals surface area (Å²) in [5.41, 5.74) is 4.33. The van der Waals surface area contributed by atoms with Crippen LogP contribution in [0.5, 0.6) is 0 Å². The Labute approximate surface area is 233 Å². The van der Waals surface area contributed by atoms with Crippen molar-refractivity contribution in [3.63, 3.8) is 0 Å². The summed E-state index contributed by atoms with van der Waals surface area (Å²) in [5, 5.41) is 14.4. The lowest BCUT2D eigenvalue weighted by molar-refractivity contribution is 0.150. The third kappa shape index (κ3) is 5.79. The average Bonchev–Trinajstić information content (AvgIpc) is 3.45. The normalized spacial score (nSPS) is 21.3. The average molecular weight is 551 g/mol. The number of carbonyl (C=O) groups is 1. The van der Waals surface area contributed by atoms with Gasteiger partial charge >= 0.3 is 6.03 Å². The summed E-state index contributed by atoms with van der Waals surface area (Å²) in [6.07, 6.45) is 4.38. The number of hydrogen-bond donors (Lipinski definition) is 3. The van der Waals surface area contributed by atoms with E-state index in [4.69, 9.17) is 9.84 Å². The Balaban J connectivity index is 1.43. The summed E-state index contributed by atoms with van der Waals surface area (Å²) in [5.74, 6) is -1.21. The van der Waals surface area contributed by atoms with E-state index in [-0.39, 0.29) is 24.2 Å². The van der Waals surface area contributed by atoms with Crippen LogP contribution in [-0.2, 0) is 4.74 Å². The molecular weight excluding hydrogens is 514 g/mol. The van der Waals surface area contributed by atoms with Crippen molar-refractivity contribution in [2.75, 3.05) is 39.2 Å². The minimum Gasteiger partial charge on any atom is -0.385 e. The van der Waals surface area contributed by atoms with Crippen molar-refractivity contribution < 1.29 is 18.3 Å². The molecule has 10 heteroatoms. The van der Waals surface area contributed by atoms with E-state index >= 15 is 0 Å². The van der Waals surface area contributed by atoms with Gasteiger partial charge in [-0.3, -0.25) is 10.2 Å². The van der Waals surface area contributed by atoms with E-state index in [0.29, 0.717) is 24.4 Å². The molecule has 0 saturated carbocycles. The molecule has 1 fully saturated rings. The summed E-state index contributed by atoms with van der Waals surface area (Å²) < 4.78 is 35.0. The van der Waals surface area contributed by atoms with E-state index in [1.54, 1.807) is 17.9 Å². The van der Waals surface area contributed by atoms with Gasteiger partial charge in [0.05, 0.1) is 23.5 Å². The topological polar surface area (TPSA) is 83.5 Å². The summed E-state index contributed by atoms with van der Waals surface area (Å²) in [4.78, 5) is 15.7. The number of likely N-dealkylation sites (N-methyl/N-ethyl adjacent to an activating group) is 1. The van der Waals surface area contributed by atoms with Gasteiger partial charge in [0.1, 0.15) is 5.82 Å². The molecule has 8 nitrogen and oxygen atoms in total. The van der Waals surface area contributed by atoms with Crippen LogP contribution in [0.1, 0.15) is 42.1 Å². The number of nitrogens with one attached hydrogen (secondary N) is 3. The lowest BCUT2D eigenvalue weighted by Crippen LogP contribution is -2.41. The number of halogens is 2. The van der Waals surface area contributed by atoms with Gasteiger partial charge in [0, 0.05) is 31.9 Å². The first-order valence-corrected chi connectivity index (χ1v) is 13.7. The summed E-state index contributed by atoms with van der Waals surface area (Å²) in [6.45, 7) is 4.18. The minimum absolute atomic E-state index is 0.0957. The number of anilines is 1. The van der Waals surface area contributed by atoms with Crippen LogP contribution >= 0.6 is 0 Å². The van der Waals surface area contributed by atoms with Crippen LogP contribution in [0.4, 0.5) is 19.4 Å². The molecule has 2 aromatic carbocycles. The molecule has 3 aromatic rings. The first-order valence-electron chi connectivity index (χ1n) is 13.7. The molecule has 212 valence electrons. The Morgan fingerprint density at radius 1 is 1.18 bits per heavy atom. The molecule has 3 atom stereocenters. The Hall–Kier alpha value is -3.60. The molecule has 1 saturated heterocycles. The van der Waals surface area contributed by atoms with E-state index in [9.17, 15) is 13.6 Å². The standard InChI is InChI=1S/C30H36F2N6O2/c1-19-27(20-11-14-33-15-12-20)36-38(22-7-5-4-6-8-22)29(19)35-30(39)34-26-18-23(13-16-40-3)37(2)28(26)21-9-10-24(31)25(32)17-21/h4-11,17,23,26,28,33H,12-16,18H2,1-3H3,(H2,34,35,39)/t23-,26-,28+/m1/s1. The van der Waals surface area contributed by atoms with Crippen molar-refractivity contribution >= 4 is 17.4 Å². The van der Waals surface area contributed by atoms with E-state index in [0.717, 1.165) is 54.5 Å². The molecule has 0 unspecified atom stereocenters. The maximum absolute atomic E-state index is 14.2. The number of rotatable bonds is 8. The summed E-state index contributed by atoms with van der Waals surface area (Å²) in [6, 6.07) is 12.7. The van der Waals surface area contributed by atoms with Gasteiger partial charge in [-0.25, -0.2) is 18.3 Å². The largest absolute Gasteiger partial charge is 0.385 e. The quantitative estimate of drug-likeness (QED) is 0.375. The third-order valence-electron chi connectivity index (χ3n) is 7.90. The fourth-order valence-electron chi connectivity index (χ4n) is 5.83. The highest BCUT2D eigenvalue weighted by atomic mass is 19.2. The Morgan fingerprint density at radius 3 is 2.67 bits per heavy atom. The minimum atomic E-state index is -0.906. The van der Waals surface area contributed by atoms with Gasteiger partial charge in [-0.2, -0.15) is 5.10 Å². The Kier molecular flexibility index (Phi) is 8.58. The summed E-state index contributed by atoms with van der Waals surface area (Å²) >= 11 is 0. The summed E-state index contributed by atoms with van der Waals surface area (Å²) in [7, 11) is 3.59. The number of carbonyl (C=O) groups excluding carboxylic acids is 1. The second kappa shape index (κ2) is 12.3. The molecule has 2 aliphatic heterocycles. The SMILES string of the molecule is COCC[C@@H]1C[C@@H](NC(=O)Nc2c(C)c(C3=CCNCC3)nn2-c2ccccc2)[C@H](c2ccc(F)c(F)c2)N1C. The Bertz CT molecular complexity index is 1380. The smallest absolute Gasteiger partial charge is 0.320 e. The maximum atomic E-state index is 14.2. The third-order valence-corrected chi connectivity index (χ3v) is 7.90. The van der Waals surface area contributed by atoms with Crippen LogP contribution in [-0.4, -0.2) is 66.6 Å². The van der Waals surface area contributed by atoms with Crippen LogP contribution < -0.4 is 16.0 Å². The molecule has 0 radical (unpaired) electrons. The first kappa shape index (κ1) is 27.9. The lowest BCUT2D eigenvalue weighted by Gasteiger charge is -2.28. The molecule has 0 bridgehead atoms. The highest BCUT2D eigenvalue weighted by Crippen LogP contribution is 2.37. The highest BCUT2D eigenvalue weighted by Gasteiger charge is 2.41. The van der Waals surface area contributed by atoms with Crippen molar-refractivity contribution in [1.82, 2.24) is 25.3 Å². The van der Waals surface area contributed by atoms with Crippen LogP contribution in [0.15, 0.2) is 54.6 Å². The van der Waals surface area contributed by atoms with E-state index in [2.05, 4.69) is 26.9 Å².